The molecule has 7 heteroatoms. The van der Waals surface area contributed by atoms with E-state index in [4.69, 9.17) is 0 Å². The number of rotatable bonds is 7. The highest BCUT2D eigenvalue weighted by atomic mass is 15.3. The molecule has 124 valence electrons. The number of nitrogens with zero attached hydrogens (tertiary/aromatic N) is 5. The van der Waals surface area contributed by atoms with E-state index >= 15 is 0 Å². The smallest absolute Gasteiger partial charge is 0.249 e. The number of benzene rings is 1. The molecule has 3 rings (SSSR count). The van der Waals surface area contributed by atoms with E-state index in [0.717, 1.165) is 36.1 Å². The van der Waals surface area contributed by atoms with Crippen LogP contribution >= 0.6 is 0 Å². The van der Waals surface area contributed by atoms with Crippen LogP contribution in [0.3, 0.4) is 0 Å². The van der Waals surface area contributed by atoms with Crippen molar-refractivity contribution in [2.24, 2.45) is 0 Å². The standard InChI is InChI=1S/C17H21N7/c1-24(2)11-5-10-18-15-12-20-23-17(22-15)21-14-8-3-6-13-7-4-9-19-16(13)14/h3-4,6-9,12H,5,10-11H2,1-2H3,(H2,18,21,22,23). The maximum absolute atomic E-state index is 4.45. The van der Waals surface area contributed by atoms with Crippen LogP contribution in [-0.2, 0) is 0 Å². The number of fused-ring (bicyclic) bond motifs is 1. The van der Waals surface area contributed by atoms with Gasteiger partial charge in [-0.05, 0) is 39.2 Å². The first-order chi connectivity index (χ1) is 11.7. The molecule has 0 spiro atoms. The molecule has 0 radical (unpaired) electrons. The molecule has 0 aliphatic carbocycles. The van der Waals surface area contributed by atoms with E-state index in [1.807, 2.05) is 30.3 Å². The Hall–Kier alpha value is -2.80. The third kappa shape index (κ3) is 4.14. The summed E-state index contributed by atoms with van der Waals surface area (Å²) < 4.78 is 0. The second kappa shape index (κ2) is 7.65. The van der Waals surface area contributed by atoms with Gasteiger partial charge in [-0.3, -0.25) is 4.98 Å². The highest BCUT2D eigenvalue weighted by Gasteiger charge is 2.05. The normalized spacial score (nSPS) is 11.0. The third-order valence-electron chi connectivity index (χ3n) is 3.53. The summed E-state index contributed by atoms with van der Waals surface area (Å²) in [6.45, 7) is 1.87. The largest absolute Gasteiger partial charge is 0.369 e. The van der Waals surface area contributed by atoms with E-state index in [-0.39, 0.29) is 0 Å². The van der Waals surface area contributed by atoms with E-state index in [9.17, 15) is 0 Å². The van der Waals surface area contributed by atoms with Crippen LogP contribution < -0.4 is 10.6 Å². The zero-order valence-corrected chi connectivity index (χ0v) is 13.9. The van der Waals surface area contributed by atoms with Crippen molar-refractivity contribution in [2.45, 2.75) is 6.42 Å². The summed E-state index contributed by atoms with van der Waals surface area (Å²) in [5.74, 6) is 1.16. The third-order valence-corrected chi connectivity index (χ3v) is 3.53. The fourth-order valence-corrected chi connectivity index (χ4v) is 2.38. The zero-order valence-electron chi connectivity index (χ0n) is 13.9. The maximum Gasteiger partial charge on any atom is 0.249 e. The van der Waals surface area contributed by atoms with Crippen LogP contribution in [0.5, 0.6) is 0 Å². The number of anilines is 3. The molecule has 24 heavy (non-hydrogen) atoms. The summed E-state index contributed by atoms with van der Waals surface area (Å²) in [4.78, 5) is 11.0. The van der Waals surface area contributed by atoms with Crippen LogP contribution in [-0.4, -0.2) is 52.3 Å². The Labute approximate surface area is 141 Å². The van der Waals surface area contributed by atoms with E-state index in [2.05, 4.69) is 49.8 Å². The van der Waals surface area contributed by atoms with Crippen LogP contribution in [0.1, 0.15) is 6.42 Å². The fraction of sp³-hybridized carbons (Fsp3) is 0.294. The lowest BCUT2D eigenvalue weighted by atomic mass is 10.2. The Balaban J connectivity index is 1.70. The molecule has 0 atom stereocenters. The first kappa shape index (κ1) is 16.1. The van der Waals surface area contributed by atoms with Crippen LogP contribution in [0.15, 0.2) is 42.7 Å². The average molecular weight is 323 g/mol. The number of hydrogen-bond acceptors (Lipinski definition) is 7. The first-order valence-corrected chi connectivity index (χ1v) is 7.91. The minimum absolute atomic E-state index is 0.450. The van der Waals surface area contributed by atoms with E-state index in [1.165, 1.54) is 0 Å². The zero-order chi connectivity index (χ0) is 16.8. The van der Waals surface area contributed by atoms with Crippen LogP contribution in [0.4, 0.5) is 17.5 Å². The van der Waals surface area contributed by atoms with Gasteiger partial charge < -0.3 is 15.5 Å². The van der Waals surface area contributed by atoms with Crippen molar-refractivity contribution in [3.8, 4) is 0 Å². The molecule has 7 nitrogen and oxygen atoms in total. The monoisotopic (exact) mass is 323 g/mol. The fourth-order valence-electron chi connectivity index (χ4n) is 2.38. The Bertz CT molecular complexity index is 798. The summed E-state index contributed by atoms with van der Waals surface area (Å²) in [6, 6.07) is 9.89. The molecule has 0 aliphatic rings. The molecule has 0 saturated heterocycles. The van der Waals surface area contributed by atoms with Gasteiger partial charge in [-0.1, -0.05) is 18.2 Å². The molecule has 0 fully saturated rings. The van der Waals surface area contributed by atoms with E-state index in [1.54, 1.807) is 12.4 Å². The lowest BCUT2D eigenvalue weighted by Crippen LogP contribution is -2.17. The average Bonchev–Trinajstić information content (AvgIpc) is 2.59. The van der Waals surface area contributed by atoms with Gasteiger partial charge in [-0.15, -0.1) is 5.10 Å². The Morgan fingerprint density at radius 2 is 2.00 bits per heavy atom. The summed E-state index contributed by atoms with van der Waals surface area (Å²) in [7, 11) is 4.12. The van der Waals surface area contributed by atoms with Crippen molar-refractivity contribution in [2.75, 3.05) is 37.8 Å². The van der Waals surface area contributed by atoms with Gasteiger partial charge in [0.1, 0.15) is 0 Å². The number of aromatic nitrogens is 4. The molecule has 2 N–H and O–H groups in total. The molecule has 0 bridgehead atoms. The molecule has 0 amide bonds. The molecule has 1 aromatic carbocycles. The summed E-state index contributed by atoms with van der Waals surface area (Å²) >= 11 is 0. The van der Waals surface area contributed by atoms with Crippen molar-refractivity contribution in [1.82, 2.24) is 25.1 Å². The summed E-state index contributed by atoms with van der Waals surface area (Å²) in [6.07, 6.45) is 4.44. The van der Waals surface area contributed by atoms with Gasteiger partial charge in [0.05, 0.1) is 17.4 Å². The molecule has 0 aliphatic heterocycles. The maximum atomic E-state index is 4.45. The van der Waals surface area contributed by atoms with Crippen molar-refractivity contribution < 1.29 is 0 Å². The highest BCUT2D eigenvalue weighted by molar-refractivity contribution is 5.91. The Morgan fingerprint density at radius 1 is 1.12 bits per heavy atom. The number of para-hydroxylation sites is 1. The van der Waals surface area contributed by atoms with Gasteiger partial charge in [-0.25, -0.2) is 0 Å². The van der Waals surface area contributed by atoms with Crippen molar-refractivity contribution in [3.05, 3.63) is 42.7 Å². The SMILES string of the molecule is CN(C)CCCNc1cnnc(Nc2cccc3cccnc23)n1. The predicted molar refractivity (Wildman–Crippen MR) is 96.5 cm³/mol. The quantitative estimate of drug-likeness (QED) is 0.647. The van der Waals surface area contributed by atoms with E-state index in [0.29, 0.717) is 11.8 Å². The number of nitrogens with one attached hydrogen (secondary N) is 2. The molecule has 2 aromatic heterocycles. The molecule has 2 heterocycles. The lowest BCUT2D eigenvalue weighted by Gasteiger charge is -2.11. The van der Waals surface area contributed by atoms with Gasteiger partial charge in [0.2, 0.25) is 5.95 Å². The van der Waals surface area contributed by atoms with Crippen molar-refractivity contribution >= 4 is 28.4 Å². The number of hydrogen-bond donors (Lipinski definition) is 2. The van der Waals surface area contributed by atoms with Crippen molar-refractivity contribution in [3.63, 3.8) is 0 Å². The summed E-state index contributed by atoms with van der Waals surface area (Å²) in [5, 5.41) is 15.6. The van der Waals surface area contributed by atoms with Crippen LogP contribution in [0.25, 0.3) is 10.9 Å². The van der Waals surface area contributed by atoms with Crippen molar-refractivity contribution in [1.29, 1.82) is 0 Å². The minimum atomic E-state index is 0.450. The van der Waals surface area contributed by atoms with Crippen LogP contribution in [0.2, 0.25) is 0 Å². The second-order valence-corrected chi connectivity index (χ2v) is 5.75. The topological polar surface area (TPSA) is 78.9 Å². The molecule has 3 aromatic rings. The second-order valence-electron chi connectivity index (χ2n) is 5.75. The van der Waals surface area contributed by atoms with Gasteiger partial charge in [-0.2, -0.15) is 10.1 Å². The minimum Gasteiger partial charge on any atom is -0.369 e. The lowest BCUT2D eigenvalue weighted by molar-refractivity contribution is 0.405. The Morgan fingerprint density at radius 3 is 2.88 bits per heavy atom. The molecule has 0 unspecified atom stereocenters. The van der Waals surface area contributed by atoms with Gasteiger partial charge in [0.25, 0.3) is 0 Å². The van der Waals surface area contributed by atoms with Gasteiger partial charge in [0, 0.05) is 18.1 Å². The molecular weight excluding hydrogens is 302 g/mol. The first-order valence-electron chi connectivity index (χ1n) is 7.91. The summed E-state index contributed by atoms with van der Waals surface area (Å²) in [5.41, 5.74) is 1.74. The Kier molecular flexibility index (Phi) is 5.12. The predicted octanol–water partition coefficient (Wildman–Crippen LogP) is 2.53. The van der Waals surface area contributed by atoms with Gasteiger partial charge >= 0.3 is 0 Å². The molecular formula is C17H21N7. The van der Waals surface area contributed by atoms with Gasteiger partial charge in [0.15, 0.2) is 5.82 Å². The molecule has 0 saturated carbocycles. The van der Waals surface area contributed by atoms with E-state index < -0.39 is 0 Å². The van der Waals surface area contributed by atoms with Crippen LogP contribution in [0, 0.1) is 0 Å². The highest BCUT2D eigenvalue weighted by Crippen LogP contribution is 2.23. The number of pyridine rings is 1.